The molecule has 1 atom stereocenters. The van der Waals surface area contributed by atoms with Crippen molar-refractivity contribution in [2.24, 2.45) is 0 Å². The van der Waals surface area contributed by atoms with E-state index in [2.05, 4.69) is 15.2 Å². The van der Waals surface area contributed by atoms with Gasteiger partial charge in [-0.25, -0.2) is 0 Å². The first kappa shape index (κ1) is 9.43. The highest BCUT2D eigenvalue weighted by molar-refractivity contribution is 5.98. The molecule has 0 aliphatic carbocycles. The van der Waals surface area contributed by atoms with Crippen molar-refractivity contribution in [3.05, 3.63) is 24.0 Å². The Hall–Kier alpha value is -1.13. The van der Waals surface area contributed by atoms with E-state index in [1.807, 2.05) is 19.2 Å². The average molecular weight is 193 g/mol. The fourth-order valence-corrected chi connectivity index (χ4v) is 1.76. The van der Waals surface area contributed by atoms with Gasteiger partial charge in [-0.2, -0.15) is 0 Å². The van der Waals surface area contributed by atoms with Crippen LogP contribution in [0.1, 0.15) is 10.5 Å². The summed E-state index contributed by atoms with van der Waals surface area (Å²) in [5.41, 5.74) is 0.700. The normalized spacial score (nSPS) is 23.6. The molecular formula is C10H15N3O. The van der Waals surface area contributed by atoms with E-state index in [1.165, 1.54) is 0 Å². The summed E-state index contributed by atoms with van der Waals surface area (Å²) < 4.78 is 0. The van der Waals surface area contributed by atoms with Gasteiger partial charge in [-0.1, -0.05) is 0 Å². The zero-order valence-corrected chi connectivity index (χ0v) is 8.29. The minimum absolute atomic E-state index is 0.0256. The number of nitrogens with zero attached hydrogens (tertiary/aromatic N) is 1. The Morgan fingerprint density at radius 2 is 2.50 bits per heavy atom. The number of carbonyl (C=O) groups excluding carboxylic acids is 1. The van der Waals surface area contributed by atoms with Crippen LogP contribution >= 0.6 is 0 Å². The van der Waals surface area contributed by atoms with Crippen molar-refractivity contribution in [3.63, 3.8) is 0 Å². The maximum absolute atomic E-state index is 12.0. The van der Waals surface area contributed by atoms with Crippen LogP contribution in [0.25, 0.3) is 0 Å². The van der Waals surface area contributed by atoms with Gasteiger partial charge in [0, 0.05) is 25.8 Å². The van der Waals surface area contributed by atoms with Crippen LogP contribution in [-0.2, 0) is 0 Å². The molecule has 0 amide bonds. The van der Waals surface area contributed by atoms with Crippen LogP contribution in [0.15, 0.2) is 18.3 Å². The molecule has 1 unspecified atom stereocenters. The topological polar surface area (TPSA) is 48.1 Å². The number of hydrogen-bond acceptors (Lipinski definition) is 3. The van der Waals surface area contributed by atoms with Crippen LogP contribution < -0.4 is 5.32 Å². The maximum atomic E-state index is 12.0. The second-order valence-corrected chi connectivity index (χ2v) is 3.65. The maximum Gasteiger partial charge on any atom is 0.197 e. The zero-order chi connectivity index (χ0) is 9.97. The van der Waals surface area contributed by atoms with Crippen LogP contribution in [0, 0.1) is 0 Å². The molecule has 1 fully saturated rings. The van der Waals surface area contributed by atoms with E-state index in [0.717, 1.165) is 19.6 Å². The summed E-state index contributed by atoms with van der Waals surface area (Å²) in [6.45, 7) is 2.64. The predicted octanol–water partition coefficient (Wildman–Crippen LogP) is 0.101. The quantitative estimate of drug-likeness (QED) is 0.655. The van der Waals surface area contributed by atoms with E-state index in [-0.39, 0.29) is 11.8 Å². The standard InChI is InChI=1S/C10H15N3O/c1-13-6-5-11-7-9(13)10(14)8-3-2-4-12-8/h2-4,9,11-12H,5-7H2,1H3. The van der Waals surface area contributed by atoms with Gasteiger partial charge in [-0.15, -0.1) is 0 Å². The molecular weight excluding hydrogens is 178 g/mol. The minimum atomic E-state index is -0.0256. The third-order valence-corrected chi connectivity index (χ3v) is 2.68. The van der Waals surface area contributed by atoms with E-state index in [4.69, 9.17) is 0 Å². The molecule has 0 saturated carbocycles. The van der Waals surface area contributed by atoms with Crippen molar-refractivity contribution in [2.45, 2.75) is 6.04 Å². The molecule has 1 saturated heterocycles. The number of likely N-dealkylation sites (N-methyl/N-ethyl adjacent to an activating group) is 1. The third kappa shape index (κ3) is 1.71. The number of aromatic amines is 1. The summed E-state index contributed by atoms with van der Waals surface area (Å²) in [6, 6.07) is 3.65. The van der Waals surface area contributed by atoms with Gasteiger partial charge in [0.2, 0.25) is 0 Å². The van der Waals surface area contributed by atoms with Gasteiger partial charge < -0.3 is 10.3 Å². The molecule has 0 spiro atoms. The Bertz CT molecular complexity index is 307. The van der Waals surface area contributed by atoms with Gasteiger partial charge in [0.05, 0.1) is 11.7 Å². The lowest BCUT2D eigenvalue weighted by Crippen LogP contribution is -2.53. The van der Waals surface area contributed by atoms with Crippen LogP contribution in [0.5, 0.6) is 0 Å². The Kier molecular flexibility index (Phi) is 2.65. The smallest absolute Gasteiger partial charge is 0.197 e. The number of aromatic nitrogens is 1. The van der Waals surface area contributed by atoms with E-state index in [1.54, 1.807) is 6.20 Å². The first-order valence-electron chi connectivity index (χ1n) is 4.87. The summed E-state index contributed by atoms with van der Waals surface area (Å²) >= 11 is 0. The van der Waals surface area contributed by atoms with Crippen LogP contribution in [-0.4, -0.2) is 48.4 Å². The lowest BCUT2D eigenvalue weighted by molar-refractivity contribution is 0.0815. The highest BCUT2D eigenvalue weighted by Gasteiger charge is 2.26. The number of ketones is 1. The molecule has 0 radical (unpaired) electrons. The van der Waals surface area contributed by atoms with Gasteiger partial charge in [0.25, 0.3) is 0 Å². The minimum Gasteiger partial charge on any atom is -0.359 e. The van der Waals surface area contributed by atoms with E-state index in [0.29, 0.717) is 5.69 Å². The van der Waals surface area contributed by atoms with Crippen molar-refractivity contribution in [2.75, 3.05) is 26.7 Å². The van der Waals surface area contributed by atoms with Crippen LogP contribution in [0.2, 0.25) is 0 Å². The lowest BCUT2D eigenvalue weighted by Gasteiger charge is -2.31. The van der Waals surface area contributed by atoms with Gasteiger partial charge in [0.1, 0.15) is 0 Å². The Morgan fingerprint density at radius 3 is 3.14 bits per heavy atom. The second-order valence-electron chi connectivity index (χ2n) is 3.65. The first-order chi connectivity index (χ1) is 6.79. The molecule has 4 heteroatoms. The van der Waals surface area contributed by atoms with Crippen molar-refractivity contribution in [1.29, 1.82) is 0 Å². The van der Waals surface area contributed by atoms with Crippen molar-refractivity contribution in [3.8, 4) is 0 Å². The summed E-state index contributed by atoms with van der Waals surface area (Å²) in [5.74, 6) is 0.171. The first-order valence-corrected chi connectivity index (χ1v) is 4.87. The fraction of sp³-hybridized carbons (Fsp3) is 0.500. The molecule has 2 N–H and O–H groups in total. The molecule has 0 bridgehead atoms. The number of rotatable bonds is 2. The molecule has 14 heavy (non-hydrogen) atoms. The molecule has 76 valence electrons. The molecule has 1 aliphatic rings. The number of piperazine rings is 1. The molecule has 1 aliphatic heterocycles. The number of carbonyl (C=O) groups is 1. The number of Topliss-reactive ketones (excluding diaryl/α,β-unsaturated/α-hetero) is 1. The largest absolute Gasteiger partial charge is 0.359 e. The predicted molar refractivity (Wildman–Crippen MR) is 54.4 cm³/mol. The second kappa shape index (κ2) is 3.94. The van der Waals surface area contributed by atoms with Gasteiger partial charge in [-0.3, -0.25) is 9.69 Å². The Morgan fingerprint density at radius 1 is 1.64 bits per heavy atom. The average Bonchev–Trinajstić information content (AvgIpc) is 2.70. The van der Waals surface area contributed by atoms with E-state index >= 15 is 0 Å². The van der Waals surface area contributed by atoms with Crippen molar-refractivity contribution < 1.29 is 4.79 Å². The lowest BCUT2D eigenvalue weighted by atomic mass is 10.1. The Balaban J connectivity index is 2.10. The summed E-state index contributed by atoms with van der Waals surface area (Å²) in [5, 5.41) is 3.23. The summed E-state index contributed by atoms with van der Waals surface area (Å²) in [6.07, 6.45) is 1.78. The molecule has 0 aromatic carbocycles. The summed E-state index contributed by atoms with van der Waals surface area (Å²) in [4.78, 5) is 17.0. The van der Waals surface area contributed by atoms with Gasteiger partial charge >= 0.3 is 0 Å². The van der Waals surface area contributed by atoms with Gasteiger partial charge in [-0.05, 0) is 19.2 Å². The molecule has 2 heterocycles. The van der Waals surface area contributed by atoms with Crippen molar-refractivity contribution in [1.82, 2.24) is 15.2 Å². The van der Waals surface area contributed by atoms with Crippen LogP contribution in [0.4, 0.5) is 0 Å². The number of hydrogen-bond donors (Lipinski definition) is 2. The SMILES string of the molecule is CN1CCNCC1C(=O)c1ccc[nH]1. The molecule has 2 rings (SSSR count). The fourth-order valence-electron chi connectivity index (χ4n) is 1.76. The summed E-state index contributed by atoms with van der Waals surface area (Å²) in [7, 11) is 1.99. The highest BCUT2D eigenvalue weighted by atomic mass is 16.1. The molecule has 4 nitrogen and oxygen atoms in total. The zero-order valence-electron chi connectivity index (χ0n) is 8.29. The van der Waals surface area contributed by atoms with Gasteiger partial charge in [0.15, 0.2) is 5.78 Å². The van der Waals surface area contributed by atoms with Crippen molar-refractivity contribution >= 4 is 5.78 Å². The molecule has 1 aromatic rings. The number of nitrogens with one attached hydrogen (secondary N) is 2. The highest BCUT2D eigenvalue weighted by Crippen LogP contribution is 2.07. The van der Waals surface area contributed by atoms with E-state index in [9.17, 15) is 4.79 Å². The van der Waals surface area contributed by atoms with E-state index < -0.39 is 0 Å². The third-order valence-electron chi connectivity index (χ3n) is 2.68. The number of H-pyrrole nitrogens is 1. The van der Waals surface area contributed by atoms with Crippen LogP contribution in [0.3, 0.4) is 0 Å². The monoisotopic (exact) mass is 193 g/mol. The Labute approximate surface area is 83.3 Å². The molecule has 1 aromatic heterocycles.